The van der Waals surface area contributed by atoms with E-state index in [-0.39, 0.29) is 16.9 Å². The van der Waals surface area contributed by atoms with Crippen molar-refractivity contribution in [3.8, 4) is 23.0 Å². The summed E-state index contributed by atoms with van der Waals surface area (Å²) in [6.07, 6.45) is 9.13. The average Bonchev–Trinajstić information content (AvgIpc) is 2.71. The Balaban J connectivity index is 1.93. The van der Waals surface area contributed by atoms with Gasteiger partial charge in [0.2, 0.25) is 0 Å². The molecule has 3 unspecified atom stereocenters. The van der Waals surface area contributed by atoms with Crippen LogP contribution in [-0.4, -0.2) is 24.6 Å². The Morgan fingerprint density at radius 3 is 2.47 bits per heavy atom. The van der Waals surface area contributed by atoms with Gasteiger partial charge in [0.05, 0.1) is 12.7 Å². The highest BCUT2D eigenvalue weighted by Gasteiger charge is 2.38. The number of hydrogen-bond acceptors (Lipinski definition) is 6. The van der Waals surface area contributed by atoms with Crippen LogP contribution >= 0.6 is 0 Å². The monoisotopic (exact) mass is 442 g/mol. The van der Waals surface area contributed by atoms with E-state index >= 15 is 0 Å². The second-order valence-corrected chi connectivity index (χ2v) is 9.46. The van der Waals surface area contributed by atoms with Crippen LogP contribution in [0.3, 0.4) is 0 Å². The van der Waals surface area contributed by atoms with Gasteiger partial charge in [-0.25, -0.2) is 0 Å². The molecule has 1 aromatic rings. The average molecular weight is 443 g/mol. The minimum absolute atomic E-state index is 0.0876. The highest BCUT2D eigenvalue weighted by molar-refractivity contribution is 5.81. The summed E-state index contributed by atoms with van der Waals surface area (Å²) < 4.78 is 22.6. The molecule has 0 N–H and O–H groups in total. The van der Waals surface area contributed by atoms with Gasteiger partial charge in [0, 0.05) is 19.9 Å². The molecular formula is C26H34O6. The first-order valence-corrected chi connectivity index (χ1v) is 11.2. The molecule has 1 aliphatic heterocycles. The van der Waals surface area contributed by atoms with Crippen LogP contribution in [0.1, 0.15) is 72.3 Å². The predicted molar refractivity (Wildman–Crippen MR) is 123 cm³/mol. The fourth-order valence-electron chi connectivity index (χ4n) is 4.71. The van der Waals surface area contributed by atoms with Crippen LogP contribution in [0.25, 0.3) is 6.08 Å². The molecule has 0 spiro atoms. The van der Waals surface area contributed by atoms with E-state index in [1.807, 2.05) is 19.1 Å². The van der Waals surface area contributed by atoms with Gasteiger partial charge in [-0.05, 0) is 56.1 Å². The fourth-order valence-corrected chi connectivity index (χ4v) is 4.71. The van der Waals surface area contributed by atoms with E-state index in [0.717, 1.165) is 19.3 Å². The maximum Gasteiger partial charge on any atom is 0.308 e. The minimum atomic E-state index is -0.569. The van der Waals surface area contributed by atoms with Crippen LogP contribution in [0, 0.1) is 11.3 Å². The van der Waals surface area contributed by atoms with Crippen molar-refractivity contribution < 1.29 is 28.5 Å². The van der Waals surface area contributed by atoms with E-state index < -0.39 is 17.5 Å². The number of carbonyl (C=O) groups is 2. The summed E-state index contributed by atoms with van der Waals surface area (Å²) in [5.74, 6) is 0.612. The van der Waals surface area contributed by atoms with Gasteiger partial charge in [-0.15, -0.1) is 0 Å². The molecular weight excluding hydrogens is 408 g/mol. The van der Waals surface area contributed by atoms with Crippen LogP contribution in [-0.2, 0) is 9.59 Å². The van der Waals surface area contributed by atoms with Crippen LogP contribution in [0.15, 0.2) is 24.3 Å². The van der Waals surface area contributed by atoms with E-state index in [1.165, 1.54) is 45.4 Å². The number of esters is 2. The van der Waals surface area contributed by atoms with Gasteiger partial charge in [0.1, 0.15) is 5.60 Å². The van der Waals surface area contributed by atoms with E-state index in [9.17, 15) is 9.59 Å². The molecule has 1 aromatic carbocycles. The van der Waals surface area contributed by atoms with Crippen molar-refractivity contribution >= 4 is 18.0 Å². The first-order valence-electron chi connectivity index (χ1n) is 11.2. The zero-order valence-electron chi connectivity index (χ0n) is 20.0. The Kier molecular flexibility index (Phi) is 6.72. The summed E-state index contributed by atoms with van der Waals surface area (Å²) in [4.78, 5) is 23.3. The molecule has 2 aliphatic rings. The second-order valence-electron chi connectivity index (χ2n) is 9.46. The molecule has 1 saturated carbocycles. The predicted octanol–water partition coefficient (Wildman–Crippen LogP) is 5.87. The lowest BCUT2D eigenvalue weighted by atomic mass is 9.65. The topological polar surface area (TPSA) is 71.1 Å². The number of methoxy groups -OCH3 is 1. The van der Waals surface area contributed by atoms with Crippen molar-refractivity contribution in [3.05, 3.63) is 29.9 Å². The molecule has 0 radical (unpaired) electrons. The molecule has 0 aromatic heterocycles. The number of benzene rings is 1. The van der Waals surface area contributed by atoms with Crippen molar-refractivity contribution in [1.82, 2.24) is 0 Å². The third-order valence-corrected chi connectivity index (χ3v) is 6.77. The normalized spacial score (nSPS) is 26.7. The van der Waals surface area contributed by atoms with E-state index in [0.29, 0.717) is 23.0 Å². The first kappa shape index (κ1) is 23.9. The molecule has 3 atom stereocenters. The molecule has 1 heterocycles. The Morgan fingerprint density at radius 1 is 1.16 bits per heavy atom. The Hall–Kier alpha value is -2.76. The number of hydrogen-bond donors (Lipinski definition) is 0. The zero-order chi connectivity index (χ0) is 23.7. The van der Waals surface area contributed by atoms with Gasteiger partial charge in [-0.1, -0.05) is 32.4 Å². The third kappa shape index (κ3) is 4.84. The molecule has 1 fully saturated rings. The molecule has 3 rings (SSSR count). The maximum absolute atomic E-state index is 11.7. The lowest BCUT2D eigenvalue weighted by Crippen LogP contribution is -2.36. The van der Waals surface area contributed by atoms with Crippen LogP contribution in [0.5, 0.6) is 23.0 Å². The van der Waals surface area contributed by atoms with Gasteiger partial charge < -0.3 is 18.9 Å². The standard InChI is InChI=1S/C26H34O6/c1-16-9-8-11-25(5,17(16)2)13-14-26(6)12-10-20-23(31-19(4)28)22(30-18(3)27)15-21(29-7)24(20)32-26/h10,12,15-16H,2,8-9,11,13-14H2,1,3-7H3. The van der Waals surface area contributed by atoms with Gasteiger partial charge in [0.15, 0.2) is 23.0 Å². The SMILES string of the molecule is C=C1C(C)CCCC1(C)CCC1(C)C=Cc2c(OC(C)=O)c(OC(C)=O)cc(OC)c2O1. The molecule has 0 saturated heterocycles. The highest BCUT2D eigenvalue weighted by atomic mass is 16.6. The molecule has 0 amide bonds. The highest BCUT2D eigenvalue weighted by Crippen LogP contribution is 2.51. The quantitative estimate of drug-likeness (QED) is 0.312. The van der Waals surface area contributed by atoms with Crippen LogP contribution < -0.4 is 18.9 Å². The van der Waals surface area contributed by atoms with Gasteiger partial charge in [-0.2, -0.15) is 0 Å². The third-order valence-electron chi connectivity index (χ3n) is 6.77. The van der Waals surface area contributed by atoms with Crippen LogP contribution in [0.2, 0.25) is 0 Å². The number of carbonyl (C=O) groups excluding carboxylic acids is 2. The minimum Gasteiger partial charge on any atom is -0.493 e. The Morgan fingerprint density at radius 2 is 1.84 bits per heavy atom. The number of ether oxygens (including phenoxy) is 4. The summed E-state index contributed by atoms with van der Waals surface area (Å²) >= 11 is 0. The van der Waals surface area contributed by atoms with E-state index in [4.69, 9.17) is 18.9 Å². The lowest BCUT2D eigenvalue weighted by Gasteiger charge is -2.42. The maximum atomic E-state index is 11.7. The number of allylic oxidation sites excluding steroid dienone is 1. The van der Waals surface area contributed by atoms with Gasteiger partial charge in [0.25, 0.3) is 0 Å². The number of rotatable bonds is 6. The van der Waals surface area contributed by atoms with Crippen molar-refractivity contribution in [2.75, 3.05) is 7.11 Å². The molecule has 1 aliphatic carbocycles. The summed E-state index contributed by atoms with van der Waals surface area (Å²) in [6, 6.07) is 1.52. The van der Waals surface area contributed by atoms with Crippen molar-refractivity contribution in [2.24, 2.45) is 11.3 Å². The molecule has 174 valence electrons. The molecule has 32 heavy (non-hydrogen) atoms. The Labute approximate surface area is 190 Å². The summed E-state index contributed by atoms with van der Waals surface area (Å²) in [6.45, 7) is 13.6. The summed E-state index contributed by atoms with van der Waals surface area (Å²) in [5.41, 5.74) is 1.36. The van der Waals surface area contributed by atoms with E-state index in [1.54, 1.807) is 0 Å². The van der Waals surface area contributed by atoms with Crippen LogP contribution in [0.4, 0.5) is 0 Å². The molecule has 6 nitrogen and oxygen atoms in total. The summed E-state index contributed by atoms with van der Waals surface area (Å²) in [5, 5.41) is 0. The van der Waals surface area contributed by atoms with Crippen molar-refractivity contribution in [2.45, 2.75) is 72.3 Å². The lowest BCUT2D eigenvalue weighted by molar-refractivity contribution is -0.134. The summed E-state index contributed by atoms with van der Waals surface area (Å²) in [7, 11) is 1.52. The smallest absolute Gasteiger partial charge is 0.308 e. The first-order chi connectivity index (χ1) is 15.0. The largest absolute Gasteiger partial charge is 0.493 e. The number of fused-ring (bicyclic) bond motifs is 1. The van der Waals surface area contributed by atoms with E-state index in [2.05, 4.69) is 20.4 Å². The fraction of sp³-hybridized carbons (Fsp3) is 0.538. The molecule has 0 bridgehead atoms. The Bertz CT molecular complexity index is 962. The zero-order valence-corrected chi connectivity index (χ0v) is 20.0. The van der Waals surface area contributed by atoms with Crippen molar-refractivity contribution in [3.63, 3.8) is 0 Å². The van der Waals surface area contributed by atoms with Gasteiger partial charge in [-0.3, -0.25) is 9.59 Å². The molecule has 6 heteroatoms. The van der Waals surface area contributed by atoms with Crippen molar-refractivity contribution in [1.29, 1.82) is 0 Å². The van der Waals surface area contributed by atoms with Gasteiger partial charge >= 0.3 is 11.9 Å². The second kappa shape index (κ2) is 9.00.